The van der Waals surface area contributed by atoms with Gasteiger partial charge in [-0.05, 0) is 38.3 Å². The zero-order valence-electron chi connectivity index (χ0n) is 12.0. The van der Waals surface area contributed by atoms with Gasteiger partial charge in [0.2, 0.25) is 0 Å². The van der Waals surface area contributed by atoms with E-state index in [1.807, 2.05) is 19.2 Å². The fraction of sp³-hybridized carbons (Fsp3) is 0.571. The van der Waals surface area contributed by atoms with Crippen LogP contribution in [0.15, 0.2) is 18.2 Å². The number of nitrogens with one attached hydrogen (secondary N) is 1. The molecule has 0 aliphatic heterocycles. The highest BCUT2D eigenvalue weighted by Crippen LogP contribution is 2.30. The van der Waals surface area contributed by atoms with E-state index >= 15 is 0 Å². The normalized spacial score (nSPS) is 12.6. The maximum absolute atomic E-state index is 5.34. The molecule has 0 aliphatic rings. The van der Waals surface area contributed by atoms with Gasteiger partial charge in [-0.3, -0.25) is 0 Å². The highest BCUT2D eigenvalue weighted by Gasteiger charge is 2.14. The van der Waals surface area contributed by atoms with E-state index in [-0.39, 0.29) is 6.04 Å². The molecule has 1 aromatic carbocycles. The molecule has 1 atom stereocenters. The molecule has 0 aromatic heterocycles. The van der Waals surface area contributed by atoms with E-state index in [9.17, 15) is 0 Å². The zero-order valence-corrected chi connectivity index (χ0v) is 12.0. The predicted molar refractivity (Wildman–Crippen MR) is 74.5 cm³/mol. The molecule has 0 spiro atoms. The molecule has 0 saturated carbocycles. The van der Waals surface area contributed by atoms with Gasteiger partial charge < -0.3 is 19.7 Å². The lowest BCUT2D eigenvalue weighted by molar-refractivity contribution is 0.309. The first-order chi connectivity index (χ1) is 8.65. The molecule has 0 bridgehead atoms. The molecule has 1 unspecified atom stereocenters. The van der Waals surface area contributed by atoms with E-state index in [0.717, 1.165) is 24.6 Å². The molecule has 1 aromatic rings. The van der Waals surface area contributed by atoms with Crippen molar-refractivity contribution in [3.05, 3.63) is 23.8 Å². The van der Waals surface area contributed by atoms with Crippen LogP contribution in [0.3, 0.4) is 0 Å². The molecule has 0 heterocycles. The van der Waals surface area contributed by atoms with Crippen LogP contribution in [0.2, 0.25) is 0 Å². The minimum atomic E-state index is 0.287. The molecule has 4 nitrogen and oxygen atoms in total. The number of nitrogens with zero attached hydrogens (tertiary/aromatic N) is 1. The van der Waals surface area contributed by atoms with Gasteiger partial charge in [0, 0.05) is 12.6 Å². The zero-order chi connectivity index (χ0) is 13.5. The maximum atomic E-state index is 5.34. The summed E-state index contributed by atoms with van der Waals surface area (Å²) < 4.78 is 10.6. The average molecular weight is 252 g/mol. The lowest BCUT2D eigenvalue weighted by Gasteiger charge is -2.23. The number of methoxy groups -OCH3 is 2. The third kappa shape index (κ3) is 3.62. The topological polar surface area (TPSA) is 33.7 Å². The Kier molecular flexibility index (Phi) is 5.95. The molecule has 0 aliphatic carbocycles. The summed E-state index contributed by atoms with van der Waals surface area (Å²) in [5.41, 5.74) is 1.20. The van der Waals surface area contributed by atoms with E-state index in [1.165, 1.54) is 5.56 Å². The summed E-state index contributed by atoms with van der Waals surface area (Å²) >= 11 is 0. The van der Waals surface area contributed by atoms with Crippen molar-refractivity contribution < 1.29 is 9.47 Å². The van der Waals surface area contributed by atoms with E-state index in [0.29, 0.717) is 0 Å². The first-order valence-electron chi connectivity index (χ1n) is 6.24. The van der Waals surface area contributed by atoms with E-state index < -0.39 is 0 Å². The van der Waals surface area contributed by atoms with Crippen LogP contribution >= 0.6 is 0 Å². The second kappa shape index (κ2) is 7.24. The Labute approximate surface area is 110 Å². The molecule has 0 amide bonds. The van der Waals surface area contributed by atoms with Gasteiger partial charge in [-0.15, -0.1) is 0 Å². The second-order valence-corrected chi connectivity index (χ2v) is 4.31. The van der Waals surface area contributed by atoms with Crippen LogP contribution < -0.4 is 14.8 Å². The Balaban J connectivity index is 2.92. The summed E-state index contributed by atoms with van der Waals surface area (Å²) in [6.45, 7) is 4.15. The molecular weight excluding hydrogens is 228 g/mol. The SMILES string of the molecule is CCN(C)CC(NC)c1ccc(OC)c(OC)c1. The molecule has 1 N–H and O–H groups in total. The van der Waals surface area contributed by atoms with Crippen LogP contribution in [0.25, 0.3) is 0 Å². The lowest BCUT2D eigenvalue weighted by Crippen LogP contribution is -2.31. The summed E-state index contributed by atoms with van der Waals surface area (Å²) in [5, 5.41) is 3.33. The molecule has 1 rings (SSSR count). The summed E-state index contributed by atoms with van der Waals surface area (Å²) in [6, 6.07) is 6.34. The van der Waals surface area contributed by atoms with Crippen LogP contribution in [0.5, 0.6) is 11.5 Å². The molecule has 18 heavy (non-hydrogen) atoms. The Morgan fingerprint density at radius 3 is 2.39 bits per heavy atom. The highest BCUT2D eigenvalue weighted by molar-refractivity contribution is 5.43. The highest BCUT2D eigenvalue weighted by atomic mass is 16.5. The lowest BCUT2D eigenvalue weighted by atomic mass is 10.1. The van der Waals surface area contributed by atoms with Crippen LogP contribution in [-0.4, -0.2) is 46.3 Å². The molecule has 102 valence electrons. The first-order valence-corrected chi connectivity index (χ1v) is 6.24. The van der Waals surface area contributed by atoms with Gasteiger partial charge in [-0.25, -0.2) is 0 Å². The summed E-state index contributed by atoms with van der Waals surface area (Å²) in [7, 11) is 7.40. The van der Waals surface area contributed by atoms with Crippen LogP contribution in [0.1, 0.15) is 18.5 Å². The van der Waals surface area contributed by atoms with Gasteiger partial charge in [0.15, 0.2) is 11.5 Å². The van der Waals surface area contributed by atoms with Gasteiger partial charge >= 0.3 is 0 Å². The van der Waals surface area contributed by atoms with E-state index in [2.05, 4.69) is 30.3 Å². The standard InChI is InChI=1S/C14H24N2O2/c1-6-16(3)10-12(15-2)11-7-8-13(17-4)14(9-11)18-5/h7-9,12,15H,6,10H2,1-5H3. The Morgan fingerprint density at radius 2 is 1.89 bits per heavy atom. The maximum Gasteiger partial charge on any atom is 0.161 e. The summed E-state index contributed by atoms with van der Waals surface area (Å²) in [6.07, 6.45) is 0. The Morgan fingerprint density at radius 1 is 1.22 bits per heavy atom. The number of ether oxygens (including phenoxy) is 2. The minimum absolute atomic E-state index is 0.287. The van der Waals surface area contributed by atoms with Crippen molar-refractivity contribution in [3.8, 4) is 11.5 Å². The van der Waals surface area contributed by atoms with Crippen LogP contribution in [0, 0.1) is 0 Å². The molecular formula is C14H24N2O2. The van der Waals surface area contributed by atoms with Gasteiger partial charge in [-0.2, -0.15) is 0 Å². The number of rotatable bonds is 7. The van der Waals surface area contributed by atoms with Gasteiger partial charge in [0.05, 0.1) is 14.2 Å². The average Bonchev–Trinajstić information content (AvgIpc) is 2.43. The van der Waals surface area contributed by atoms with Gasteiger partial charge in [0.25, 0.3) is 0 Å². The smallest absolute Gasteiger partial charge is 0.161 e. The molecule has 0 saturated heterocycles. The number of hydrogen-bond donors (Lipinski definition) is 1. The number of hydrogen-bond acceptors (Lipinski definition) is 4. The first kappa shape index (κ1) is 14.8. The van der Waals surface area contributed by atoms with Crippen LogP contribution in [0.4, 0.5) is 0 Å². The fourth-order valence-corrected chi connectivity index (χ4v) is 1.87. The second-order valence-electron chi connectivity index (χ2n) is 4.31. The van der Waals surface area contributed by atoms with Crippen molar-refractivity contribution in [1.82, 2.24) is 10.2 Å². The molecule has 0 radical (unpaired) electrons. The summed E-state index contributed by atoms with van der Waals surface area (Å²) in [4.78, 5) is 2.28. The fourth-order valence-electron chi connectivity index (χ4n) is 1.87. The van der Waals surface area contributed by atoms with E-state index in [4.69, 9.17) is 9.47 Å². The molecule has 0 fully saturated rings. The largest absolute Gasteiger partial charge is 0.493 e. The van der Waals surface area contributed by atoms with Crippen molar-refractivity contribution in [2.45, 2.75) is 13.0 Å². The van der Waals surface area contributed by atoms with Gasteiger partial charge in [-0.1, -0.05) is 13.0 Å². The van der Waals surface area contributed by atoms with Crippen molar-refractivity contribution in [1.29, 1.82) is 0 Å². The minimum Gasteiger partial charge on any atom is -0.493 e. The Hall–Kier alpha value is -1.26. The summed E-state index contributed by atoms with van der Waals surface area (Å²) in [5.74, 6) is 1.54. The predicted octanol–water partition coefficient (Wildman–Crippen LogP) is 1.92. The quantitative estimate of drug-likeness (QED) is 0.804. The van der Waals surface area contributed by atoms with Crippen molar-refractivity contribution in [2.75, 3.05) is 41.4 Å². The van der Waals surface area contributed by atoms with Crippen molar-refractivity contribution in [2.24, 2.45) is 0 Å². The monoisotopic (exact) mass is 252 g/mol. The van der Waals surface area contributed by atoms with Crippen molar-refractivity contribution in [3.63, 3.8) is 0 Å². The third-order valence-electron chi connectivity index (χ3n) is 3.19. The van der Waals surface area contributed by atoms with Crippen LogP contribution in [-0.2, 0) is 0 Å². The number of likely N-dealkylation sites (N-methyl/N-ethyl adjacent to an activating group) is 2. The van der Waals surface area contributed by atoms with Gasteiger partial charge in [0.1, 0.15) is 0 Å². The third-order valence-corrected chi connectivity index (χ3v) is 3.19. The van der Waals surface area contributed by atoms with E-state index in [1.54, 1.807) is 14.2 Å². The Bertz CT molecular complexity index is 369. The van der Waals surface area contributed by atoms with Crippen molar-refractivity contribution >= 4 is 0 Å². The molecule has 4 heteroatoms. The number of benzene rings is 1.